The molecular weight excluding hydrogens is 256 g/mol. The fourth-order valence-electron chi connectivity index (χ4n) is 3.38. The van der Waals surface area contributed by atoms with Crippen molar-refractivity contribution in [2.75, 3.05) is 26.4 Å². The van der Waals surface area contributed by atoms with Crippen molar-refractivity contribution in [3.63, 3.8) is 0 Å². The molecule has 2 atom stereocenters. The first-order valence-electron chi connectivity index (χ1n) is 7.95. The van der Waals surface area contributed by atoms with Crippen molar-refractivity contribution < 1.29 is 19.0 Å². The highest BCUT2D eigenvalue weighted by Crippen LogP contribution is 2.38. The average molecular weight is 284 g/mol. The van der Waals surface area contributed by atoms with E-state index in [0.717, 1.165) is 38.9 Å². The summed E-state index contributed by atoms with van der Waals surface area (Å²) in [7, 11) is 0. The first kappa shape index (κ1) is 15.9. The molecule has 0 aromatic carbocycles. The van der Waals surface area contributed by atoms with E-state index in [1.54, 1.807) is 0 Å². The summed E-state index contributed by atoms with van der Waals surface area (Å²) in [5.41, 5.74) is -0.120. The van der Waals surface area contributed by atoms with E-state index in [9.17, 15) is 4.79 Å². The highest BCUT2D eigenvalue weighted by Gasteiger charge is 2.43. The Morgan fingerprint density at radius 1 is 1.30 bits per heavy atom. The summed E-state index contributed by atoms with van der Waals surface area (Å²) >= 11 is 0. The maximum Gasteiger partial charge on any atom is 0.165 e. The molecule has 2 rings (SSSR count). The van der Waals surface area contributed by atoms with Crippen LogP contribution in [0.1, 0.15) is 46.5 Å². The lowest BCUT2D eigenvalue weighted by atomic mass is 9.77. The third kappa shape index (κ3) is 3.60. The molecule has 2 heterocycles. The van der Waals surface area contributed by atoms with Gasteiger partial charge in [0.15, 0.2) is 5.78 Å². The van der Waals surface area contributed by atoms with Gasteiger partial charge in [-0.25, -0.2) is 0 Å². The van der Waals surface area contributed by atoms with Gasteiger partial charge in [-0.05, 0) is 38.5 Å². The molecule has 2 aliphatic heterocycles. The number of hydrogen-bond donors (Lipinski definition) is 0. The zero-order valence-electron chi connectivity index (χ0n) is 13.0. The van der Waals surface area contributed by atoms with Crippen molar-refractivity contribution in [1.82, 2.24) is 0 Å². The number of carbonyl (C=O) groups is 1. The highest BCUT2D eigenvalue weighted by atomic mass is 16.5. The lowest BCUT2D eigenvalue weighted by Crippen LogP contribution is -2.48. The maximum atomic E-state index is 12.7. The lowest BCUT2D eigenvalue weighted by Gasteiger charge is -2.43. The first-order valence-corrected chi connectivity index (χ1v) is 7.95. The number of ether oxygens (including phenoxy) is 3. The third-order valence-electron chi connectivity index (χ3n) is 4.53. The van der Waals surface area contributed by atoms with Gasteiger partial charge >= 0.3 is 0 Å². The fourth-order valence-corrected chi connectivity index (χ4v) is 3.38. The Bertz CT molecular complexity index is 315. The summed E-state index contributed by atoms with van der Waals surface area (Å²) in [4.78, 5) is 12.7. The molecule has 0 saturated carbocycles. The minimum atomic E-state index is -0.264. The lowest BCUT2D eigenvalue weighted by molar-refractivity contribution is -0.164. The zero-order valence-corrected chi connectivity index (χ0v) is 13.0. The van der Waals surface area contributed by atoms with Gasteiger partial charge in [0.2, 0.25) is 0 Å². The van der Waals surface area contributed by atoms with E-state index >= 15 is 0 Å². The van der Waals surface area contributed by atoms with E-state index in [4.69, 9.17) is 14.2 Å². The van der Waals surface area contributed by atoms with Crippen LogP contribution in [-0.4, -0.2) is 43.9 Å². The molecule has 0 aromatic rings. The van der Waals surface area contributed by atoms with Crippen molar-refractivity contribution in [3.05, 3.63) is 0 Å². The molecule has 2 saturated heterocycles. The Morgan fingerprint density at radius 2 is 2.00 bits per heavy atom. The van der Waals surface area contributed by atoms with Gasteiger partial charge in [0, 0.05) is 32.3 Å². The van der Waals surface area contributed by atoms with Crippen LogP contribution in [-0.2, 0) is 19.0 Å². The van der Waals surface area contributed by atoms with E-state index < -0.39 is 0 Å². The molecule has 116 valence electrons. The molecule has 0 bridgehead atoms. The van der Waals surface area contributed by atoms with Gasteiger partial charge < -0.3 is 14.2 Å². The number of rotatable bonds is 5. The second kappa shape index (κ2) is 7.01. The number of Topliss-reactive ketones (excluding diaryl/α,β-unsaturated/α-hetero) is 1. The number of hydrogen-bond acceptors (Lipinski definition) is 4. The van der Waals surface area contributed by atoms with Crippen LogP contribution in [0.25, 0.3) is 0 Å². The van der Waals surface area contributed by atoms with E-state index in [1.165, 1.54) is 0 Å². The van der Waals surface area contributed by atoms with Gasteiger partial charge in [-0.2, -0.15) is 0 Å². The zero-order chi connectivity index (χ0) is 14.6. The molecule has 4 nitrogen and oxygen atoms in total. The average Bonchev–Trinajstić information content (AvgIpc) is 2.44. The molecule has 20 heavy (non-hydrogen) atoms. The van der Waals surface area contributed by atoms with Crippen LogP contribution < -0.4 is 0 Å². The van der Waals surface area contributed by atoms with Crippen LogP contribution in [0.2, 0.25) is 0 Å². The molecule has 0 N–H and O–H groups in total. The highest BCUT2D eigenvalue weighted by molar-refractivity contribution is 5.85. The van der Waals surface area contributed by atoms with E-state index in [0.29, 0.717) is 13.2 Å². The molecular formula is C16H28O4. The standard InChI is InChI=1S/C16H28O4/c1-4-19-15(12(2)3)14(17)13-5-8-20-16(11-13)6-9-18-10-7-16/h12-13,15H,4-11H2,1-3H3. The van der Waals surface area contributed by atoms with E-state index in [-0.39, 0.29) is 29.3 Å². The number of ketones is 1. The van der Waals surface area contributed by atoms with Crippen LogP contribution in [0.3, 0.4) is 0 Å². The van der Waals surface area contributed by atoms with Crippen molar-refractivity contribution in [2.24, 2.45) is 11.8 Å². The van der Waals surface area contributed by atoms with Gasteiger partial charge in [-0.15, -0.1) is 0 Å². The van der Waals surface area contributed by atoms with Gasteiger partial charge in [0.25, 0.3) is 0 Å². The Hall–Kier alpha value is -0.450. The predicted octanol–water partition coefficient (Wildman–Crippen LogP) is 2.59. The quantitative estimate of drug-likeness (QED) is 0.778. The smallest absolute Gasteiger partial charge is 0.165 e. The minimum Gasteiger partial charge on any atom is -0.381 e. The minimum absolute atomic E-state index is 0.0841. The molecule has 2 unspecified atom stereocenters. The second-order valence-corrected chi connectivity index (χ2v) is 6.36. The molecule has 0 radical (unpaired) electrons. The normalized spacial score (nSPS) is 27.7. The molecule has 0 aromatic heterocycles. The van der Waals surface area contributed by atoms with Gasteiger partial charge in [0.1, 0.15) is 6.10 Å². The summed E-state index contributed by atoms with van der Waals surface area (Å²) in [6.07, 6.45) is 3.23. The van der Waals surface area contributed by atoms with Crippen molar-refractivity contribution in [2.45, 2.75) is 58.2 Å². The van der Waals surface area contributed by atoms with Crippen molar-refractivity contribution >= 4 is 5.78 Å². The van der Waals surface area contributed by atoms with Gasteiger partial charge in [0.05, 0.1) is 5.60 Å². The fraction of sp³-hybridized carbons (Fsp3) is 0.938. The molecule has 1 spiro atoms. The van der Waals surface area contributed by atoms with Crippen LogP contribution >= 0.6 is 0 Å². The Labute approximate surface area is 122 Å². The molecule has 0 amide bonds. The van der Waals surface area contributed by atoms with Crippen molar-refractivity contribution in [3.8, 4) is 0 Å². The molecule has 2 fully saturated rings. The summed E-state index contributed by atoms with van der Waals surface area (Å²) in [6.45, 7) is 8.85. The second-order valence-electron chi connectivity index (χ2n) is 6.36. The molecule has 2 aliphatic rings. The van der Waals surface area contributed by atoms with Crippen LogP contribution in [0.5, 0.6) is 0 Å². The van der Waals surface area contributed by atoms with Crippen LogP contribution in [0, 0.1) is 11.8 Å². The Kier molecular flexibility index (Phi) is 5.58. The third-order valence-corrected chi connectivity index (χ3v) is 4.53. The predicted molar refractivity (Wildman–Crippen MR) is 76.7 cm³/mol. The SMILES string of the molecule is CCOC(C(=O)C1CCOC2(CCOCC2)C1)C(C)C. The van der Waals surface area contributed by atoms with Gasteiger partial charge in [-0.3, -0.25) is 4.79 Å². The Morgan fingerprint density at radius 3 is 2.60 bits per heavy atom. The van der Waals surface area contributed by atoms with Crippen molar-refractivity contribution in [1.29, 1.82) is 0 Å². The summed E-state index contributed by atoms with van der Waals surface area (Å²) in [6, 6.07) is 0. The maximum absolute atomic E-state index is 12.7. The summed E-state index contributed by atoms with van der Waals surface area (Å²) < 4.78 is 17.1. The Balaban J connectivity index is 2.01. The van der Waals surface area contributed by atoms with E-state index in [2.05, 4.69) is 13.8 Å². The van der Waals surface area contributed by atoms with Crippen LogP contribution in [0.4, 0.5) is 0 Å². The molecule has 4 heteroatoms. The first-order chi connectivity index (χ1) is 9.58. The molecule has 0 aliphatic carbocycles. The summed E-state index contributed by atoms with van der Waals surface area (Å²) in [5, 5.41) is 0. The van der Waals surface area contributed by atoms with E-state index in [1.807, 2.05) is 6.92 Å². The monoisotopic (exact) mass is 284 g/mol. The van der Waals surface area contributed by atoms with Crippen LogP contribution in [0.15, 0.2) is 0 Å². The number of carbonyl (C=O) groups excluding carboxylic acids is 1. The summed E-state index contributed by atoms with van der Waals surface area (Å²) in [5.74, 6) is 0.591. The largest absolute Gasteiger partial charge is 0.381 e. The van der Waals surface area contributed by atoms with Gasteiger partial charge in [-0.1, -0.05) is 13.8 Å². The topological polar surface area (TPSA) is 44.8 Å².